The summed E-state index contributed by atoms with van der Waals surface area (Å²) in [5, 5.41) is 0. The fraction of sp³-hybridized carbons (Fsp3) is 0.200. The molecule has 8 nitrogen and oxygen atoms in total. The van der Waals surface area contributed by atoms with Gasteiger partial charge in [-0.15, -0.1) is 0 Å². The highest BCUT2D eigenvalue weighted by atomic mass is 32.1. The lowest BCUT2D eigenvalue weighted by atomic mass is 10.6. The van der Waals surface area contributed by atoms with Crippen molar-refractivity contribution in [3.8, 4) is 11.5 Å². The zero-order valence-electron chi connectivity index (χ0n) is 10.2. The Balaban J connectivity index is 0.000000191. The maximum atomic E-state index is 10.8. The first kappa shape index (κ1) is 14.6. The van der Waals surface area contributed by atoms with Gasteiger partial charge >= 0.3 is 0 Å². The van der Waals surface area contributed by atoms with Crippen molar-refractivity contribution in [3.05, 3.63) is 44.2 Å². The molecule has 0 atom stereocenters. The summed E-state index contributed by atoms with van der Waals surface area (Å²) in [5.41, 5.74) is -0.571. The van der Waals surface area contributed by atoms with Gasteiger partial charge in [-0.05, 0) is 12.2 Å². The van der Waals surface area contributed by atoms with Crippen LogP contribution in [0.25, 0.3) is 0 Å². The van der Waals surface area contributed by atoms with Crippen LogP contribution in [-0.4, -0.2) is 34.2 Å². The van der Waals surface area contributed by atoms with E-state index in [-0.39, 0.29) is 22.6 Å². The maximum Gasteiger partial charge on any atom is 0.294 e. The van der Waals surface area contributed by atoms with E-state index in [0.717, 1.165) is 0 Å². The minimum atomic E-state index is -0.314. The van der Waals surface area contributed by atoms with Crippen molar-refractivity contribution in [2.75, 3.05) is 14.2 Å². The third-order valence-corrected chi connectivity index (χ3v) is 2.13. The molecule has 0 aliphatic heterocycles. The van der Waals surface area contributed by atoms with Crippen LogP contribution < -0.4 is 20.6 Å². The van der Waals surface area contributed by atoms with E-state index >= 15 is 0 Å². The average Bonchev–Trinajstić information content (AvgIpc) is 2.40. The Labute approximate surface area is 112 Å². The second-order valence-corrected chi connectivity index (χ2v) is 3.50. The number of hydrogen-bond donors (Lipinski definition) is 3. The molecule has 9 heteroatoms. The summed E-state index contributed by atoms with van der Waals surface area (Å²) in [6.07, 6.45) is 4.09. The molecular formula is C10H12N4O4S. The highest BCUT2D eigenvalue weighted by Crippen LogP contribution is 1.94. The molecule has 0 saturated heterocycles. The minimum absolute atomic E-state index is 0.230. The lowest BCUT2D eigenvalue weighted by molar-refractivity contribution is 0.405. The smallest absolute Gasteiger partial charge is 0.294 e. The number of nitrogens with one attached hydrogen (secondary N) is 3. The van der Waals surface area contributed by atoms with Crippen LogP contribution >= 0.6 is 12.2 Å². The fourth-order valence-electron chi connectivity index (χ4n) is 1.03. The maximum absolute atomic E-state index is 10.8. The molecule has 0 radical (unpaired) electrons. The van der Waals surface area contributed by atoms with Gasteiger partial charge in [0.05, 0.1) is 32.9 Å². The van der Waals surface area contributed by atoms with Crippen molar-refractivity contribution < 1.29 is 9.47 Å². The first-order chi connectivity index (χ1) is 9.08. The van der Waals surface area contributed by atoms with E-state index in [2.05, 4.69) is 41.6 Å². The standard InChI is InChI=1S/C5H6N2O2S.C5H6N2O2/c1-9-3-2-6-5(10)7-4(3)8;1-9-4-2-6-3-7-5(4)8/h2H,1H3,(H2,6,7,8,10);2-3H,1H3,(H,6,7,8). The summed E-state index contributed by atoms with van der Waals surface area (Å²) in [7, 11) is 2.84. The number of nitrogens with zero attached hydrogens (tertiary/aromatic N) is 1. The van der Waals surface area contributed by atoms with Crippen LogP contribution in [0.2, 0.25) is 0 Å². The summed E-state index contributed by atoms with van der Waals surface area (Å²) in [5.74, 6) is 0.464. The van der Waals surface area contributed by atoms with E-state index in [1.165, 1.54) is 32.9 Å². The molecular weight excluding hydrogens is 272 g/mol. The van der Waals surface area contributed by atoms with Crippen molar-refractivity contribution in [1.29, 1.82) is 0 Å². The van der Waals surface area contributed by atoms with Gasteiger partial charge in [0.15, 0.2) is 10.5 Å². The molecule has 0 unspecified atom stereocenters. The molecule has 0 saturated carbocycles. The van der Waals surface area contributed by atoms with Gasteiger partial charge in [-0.1, -0.05) is 0 Å². The Morgan fingerprint density at radius 1 is 1.11 bits per heavy atom. The molecule has 0 aromatic carbocycles. The first-order valence-electron chi connectivity index (χ1n) is 5.01. The topological polar surface area (TPSA) is 113 Å². The molecule has 2 aromatic rings. The Hall–Kier alpha value is -2.42. The average molecular weight is 284 g/mol. The van der Waals surface area contributed by atoms with Crippen LogP contribution in [-0.2, 0) is 0 Å². The van der Waals surface area contributed by atoms with Crippen molar-refractivity contribution in [2.24, 2.45) is 0 Å². The van der Waals surface area contributed by atoms with Gasteiger partial charge in [0.25, 0.3) is 11.1 Å². The highest BCUT2D eigenvalue weighted by molar-refractivity contribution is 7.71. The lowest BCUT2D eigenvalue weighted by Gasteiger charge is -1.94. The predicted octanol–water partition coefficient (Wildman–Crippen LogP) is 0.220. The van der Waals surface area contributed by atoms with E-state index < -0.39 is 0 Å². The zero-order chi connectivity index (χ0) is 14.3. The van der Waals surface area contributed by atoms with Crippen molar-refractivity contribution in [3.63, 3.8) is 0 Å². The molecule has 2 rings (SSSR count). The van der Waals surface area contributed by atoms with E-state index in [4.69, 9.17) is 0 Å². The van der Waals surface area contributed by atoms with Gasteiger partial charge in [0, 0.05) is 0 Å². The SMILES string of the molecule is COc1c[nH]c(=S)[nH]c1=O.COc1cnc[nH]c1=O. The van der Waals surface area contributed by atoms with Gasteiger partial charge < -0.3 is 19.4 Å². The van der Waals surface area contributed by atoms with E-state index in [1.54, 1.807) is 0 Å². The monoisotopic (exact) mass is 284 g/mol. The normalized spacial score (nSPS) is 9.16. The third-order valence-electron chi connectivity index (χ3n) is 1.91. The number of ether oxygens (including phenoxy) is 2. The summed E-state index contributed by atoms with van der Waals surface area (Å²) < 4.78 is 9.61. The quantitative estimate of drug-likeness (QED) is 0.680. The Morgan fingerprint density at radius 2 is 1.79 bits per heavy atom. The molecule has 0 aliphatic carbocycles. The minimum Gasteiger partial charge on any atom is -0.490 e. The van der Waals surface area contributed by atoms with Gasteiger partial charge in [0.2, 0.25) is 5.75 Å². The number of methoxy groups -OCH3 is 2. The number of hydrogen-bond acceptors (Lipinski definition) is 6. The Morgan fingerprint density at radius 3 is 2.26 bits per heavy atom. The molecule has 3 N–H and O–H groups in total. The van der Waals surface area contributed by atoms with Gasteiger partial charge in [-0.25, -0.2) is 4.98 Å². The van der Waals surface area contributed by atoms with Crippen LogP contribution in [0, 0.1) is 4.77 Å². The van der Waals surface area contributed by atoms with Crippen molar-refractivity contribution in [1.82, 2.24) is 19.9 Å². The van der Waals surface area contributed by atoms with E-state index in [1.807, 2.05) is 0 Å². The molecule has 0 spiro atoms. The molecule has 2 heterocycles. The van der Waals surface area contributed by atoms with Crippen LogP contribution in [0.5, 0.6) is 11.5 Å². The summed E-state index contributed by atoms with van der Waals surface area (Å²) in [4.78, 5) is 32.4. The fourth-order valence-corrected chi connectivity index (χ4v) is 1.18. The van der Waals surface area contributed by atoms with Gasteiger partial charge in [-0.2, -0.15) is 0 Å². The largest absolute Gasteiger partial charge is 0.490 e. The van der Waals surface area contributed by atoms with Crippen molar-refractivity contribution in [2.45, 2.75) is 0 Å². The van der Waals surface area contributed by atoms with Gasteiger partial charge in [0.1, 0.15) is 0 Å². The number of H-pyrrole nitrogens is 3. The Kier molecular flexibility index (Phi) is 5.48. The second-order valence-electron chi connectivity index (χ2n) is 3.09. The van der Waals surface area contributed by atoms with E-state index in [9.17, 15) is 9.59 Å². The molecule has 0 aliphatic rings. The zero-order valence-corrected chi connectivity index (χ0v) is 11.0. The van der Waals surface area contributed by atoms with Crippen molar-refractivity contribution >= 4 is 12.2 Å². The molecule has 19 heavy (non-hydrogen) atoms. The van der Waals surface area contributed by atoms with Gasteiger partial charge in [-0.3, -0.25) is 14.6 Å². The molecule has 102 valence electrons. The van der Waals surface area contributed by atoms with Crippen LogP contribution in [0.1, 0.15) is 0 Å². The number of aromatic amines is 3. The first-order valence-corrected chi connectivity index (χ1v) is 5.42. The van der Waals surface area contributed by atoms with Crippen LogP contribution in [0.4, 0.5) is 0 Å². The molecule has 0 fully saturated rings. The molecule has 0 bridgehead atoms. The summed E-state index contributed by atoms with van der Waals surface area (Å²) in [6.45, 7) is 0. The predicted molar refractivity (Wildman–Crippen MR) is 70.2 cm³/mol. The lowest BCUT2D eigenvalue weighted by Crippen LogP contribution is -2.09. The summed E-state index contributed by atoms with van der Waals surface area (Å²) in [6, 6.07) is 0. The number of aromatic nitrogens is 4. The highest BCUT2D eigenvalue weighted by Gasteiger charge is 1.94. The number of rotatable bonds is 2. The van der Waals surface area contributed by atoms with E-state index in [0.29, 0.717) is 4.77 Å². The Bertz CT molecular complexity index is 690. The third kappa shape index (κ3) is 4.39. The molecule has 2 aromatic heterocycles. The summed E-state index contributed by atoms with van der Waals surface area (Å²) >= 11 is 4.64. The van der Waals surface area contributed by atoms with Crippen LogP contribution in [0.3, 0.4) is 0 Å². The van der Waals surface area contributed by atoms with Crippen LogP contribution in [0.15, 0.2) is 28.3 Å². The second kappa shape index (κ2) is 7.11. The molecule has 0 amide bonds.